The van der Waals surface area contributed by atoms with Crippen LogP contribution in [0, 0.1) is 17.3 Å². The van der Waals surface area contributed by atoms with E-state index in [-0.39, 0.29) is 7.34 Å². The molecule has 1 spiro atoms. The quantitative estimate of drug-likeness (QED) is 0.551. The molecule has 0 aromatic heterocycles. The van der Waals surface area contributed by atoms with Gasteiger partial charge in [0.2, 0.25) is 5.91 Å². The molecule has 0 radical (unpaired) electrons. The zero-order chi connectivity index (χ0) is 17.4. The second-order valence-corrected chi connectivity index (χ2v) is 8.42. The highest BCUT2D eigenvalue weighted by molar-refractivity contribution is 5.79. The first-order valence-electron chi connectivity index (χ1n) is 10.1. The van der Waals surface area contributed by atoms with Crippen molar-refractivity contribution < 1.29 is 11.0 Å². The predicted octanol–water partition coefficient (Wildman–Crippen LogP) is 3.70. The molecule has 1 saturated heterocycles. The summed E-state index contributed by atoms with van der Waals surface area (Å²) in [5.74, 6) is 1.34. The molecule has 1 amide bonds. The van der Waals surface area contributed by atoms with Crippen LogP contribution in [-0.2, 0) is 9.53 Å². The van der Waals surface area contributed by atoms with Crippen molar-refractivity contribution in [1.82, 2.24) is 10.2 Å². The second kappa shape index (κ2) is 9.76. The summed E-state index contributed by atoms with van der Waals surface area (Å²) < 4.78 is 5.33. The second-order valence-electron chi connectivity index (χ2n) is 8.42. The third kappa shape index (κ3) is 6.03. The van der Waals surface area contributed by atoms with E-state index in [2.05, 4.69) is 24.1 Å². The Morgan fingerprint density at radius 3 is 2.54 bits per heavy atom. The third-order valence-corrected chi connectivity index (χ3v) is 5.44. The van der Waals surface area contributed by atoms with Crippen molar-refractivity contribution in [2.24, 2.45) is 17.3 Å². The van der Waals surface area contributed by atoms with E-state index < -0.39 is 0 Å². The van der Waals surface area contributed by atoms with E-state index in [0.29, 0.717) is 11.3 Å². The van der Waals surface area contributed by atoms with Gasteiger partial charge >= 0.3 is 0 Å². The number of unbranched alkanes of at least 4 members (excludes halogenated alkanes) is 4. The molecule has 2 fully saturated rings. The number of nitrogens with zero attached hydrogens (tertiary/aromatic N) is 1. The van der Waals surface area contributed by atoms with Crippen LogP contribution in [0.15, 0.2) is 0 Å². The van der Waals surface area contributed by atoms with E-state index in [1.807, 2.05) is 6.92 Å². The molecule has 1 saturated carbocycles. The first-order chi connectivity index (χ1) is 11.5. The van der Waals surface area contributed by atoms with Crippen molar-refractivity contribution in [2.75, 3.05) is 39.4 Å². The zero-order valence-corrected chi connectivity index (χ0v) is 16.1. The average molecular weight is 341 g/mol. The van der Waals surface area contributed by atoms with Crippen LogP contribution in [0.5, 0.6) is 0 Å². The van der Waals surface area contributed by atoms with Gasteiger partial charge in [-0.25, -0.2) is 0 Å². The average Bonchev–Trinajstić information content (AvgIpc) is 2.46. The fourth-order valence-corrected chi connectivity index (χ4v) is 4.34. The van der Waals surface area contributed by atoms with Crippen molar-refractivity contribution in [3.63, 3.8) is 0 Å². The van der Waals surface area contributed by atoms with Gasteiger partial charge < -0.3 is 15.0 Å². The van der Waals surface area contributed by atoms with Crippen LogP contribution in [0.4, 0.5) is 0 Å². The van der Waals surface area contributed by atoms with E-state index in [9.17, 15) is 4.79 Å². The smallest absolute Gasteiger partial charge is 0.223 e. The maximum atomic E-state index is 12.2. The van der Waals surface area contributed by atoms with Crippen LogP contribution in [-0.4, -0.2) is 50.2 Å². The lowest BCUT2D eigenvalue weighted by atomic mass is 9.57. The molecular weight excluding hydrogens is 300 g/mol. The van der Waals surface area contributed by atoms with Crippen LogP contribution in [0.3, 0.4) is 0 Å². The Bertz CT molecular complexity index is 376. The van der Waals surface area contributed by atoms with Crippen molar-refractivity contribution in [3.05, 3.63) is 0 Å². The molecule has 1 N–H and O–H groups in total. The Labute approximate surface area is 150 Å². The summed E-state index contributed by atoms with van der Waals surface area (Å²) >= 11 is 0. The monoisotopic (exact) mass is 340 g/mol. The summed E-state index contributed by atoms with van der Waals surface area (Å²) in [6.07, 6.45) is 8.21. The van der Waals surface area contributed by atoms with E-state index in [0.717, 1.165) is 51.4 Å². The Balaban J connectivity index is 0.00000312. The predicted molar refractivity (Wildman–Crippen MR) is 101 cm³/mol. The number of rotatable bonds is 12. The number of likely N-dealkylation sites (tertiary alicyclic amines) is 1. The zero-order valence-electron chi connectivity index (χ0n) is 16.1. The van der Waals surface area contributed by atoms with Gasteiger partial charge in [-0.1, -0.05) is 33.1 Å². The van der Waals surface area contributed by atoms with E-state index in [4.69, 9.17) is 4.74 Å². The van der Waals surface area contributed by atoms with Crippen LogP contribution < -0.4 is 5.32 Å². The molecule has 1 heterocycles. The summed E-state index contributed by atoms with van der Waals surface area (Å²) in [5.41, 5.74) is 0.497. The summed E-state index contributed by atoms with van der Waals surface area (Å²) in [5, 5.41) is 3.15. The fraction of sp³-hybridized carbons (Fsp3) is 0.950. The molecule has 0 atom stereocenters. The Morgan fingerprint density at radius 1 is 1.21 bits per heavy atom. The van der Waals surface area contributed by atoms with Crippen LogP contribution in [0.25, 0.3) is 0 Å². The van der Waals surface area contributed by atoms with Gasteiger partial charge in [-0.2, -0.15) is 0 Å². The molecule has 1 aliphatic heterocycles. The van der Waals surface area contributed by atoms with Gasteiger partial charge in [-0.15, -0.1) is 0 Å². The summed E-state index contributed by atoms with van der Waals surface area (Å²) in [6, 6.07) is 0. The van der Waals surface area contributed by atoms with Crippen LogP contribution in [0.1, 0.15) is 67.1 Å². The number of hydrogen-bond acceptors (Lipinski definition) is 3. The number of nitrogens with one attached hydrogen (secondary N) is 1. The lowest BCUT2D eigenvalue weighted by molar-refractivity contribution is -0.145. The van der Waals surface area contributed by atoms with Gasteiger partial charge in [0.05, 0.1) is 0 Å². The van der Waals surface area contributed by atoms with E-state index in [1.54, 1.807) is 0 Å². The summed E-state index contributed by atoms with van der Waals surface area (Å²) in [6.45, 7) is 12.8. The minimum Gasteiger partial charge on any atom is -0.382 e. The topological polar surface area (TPSA) is 41.6 Å². The molecule has 4 heteroatoms. The first kappa shape index (κ1) is 19.7. The minimum atomic E-state index is 0. The molecule has 0 aromatic rings. The van der Waals surface area contributed by atoms with Crippen LogP contribution >= 0.6 is 0 Å². The summed E-state index contributed by atoms with van der Waals surface area (Å²) in [7, 11) is 0. The van der Waals surface area contributed by atoms with Crippen molar-refractivity contribution in [1.29, 1.82) is 0 Å². The number of ether oxygens (including phenoxy) is 1. The lowest BCUT2D eigenvalue weighted by Crippen LogP contribution is -2.64. The van der Waals surface area contributed by atoms with Crippen molar-refractivity contribution in [3.8, 4) is 0 Å². The first-order valence-corrected chi connectivity index (χ1v) is 10.1. The number of carbonyl (C=O) groups excluding carboxylic acids is 1. The largest absolute Gasteiger partial charge is 0.382 e. The van der Waals surface area contributed by atoms with Crippen molar-refractivity contribution in [2.45, 2.75) is 65.7 Å². The molecule has 0 aromatic carbocycles. The molecule has 1 aliphatic carbocycles. The Morgan fingerprint density at radius 2 is 1.88 bits per heavy atom. The van der Waals surface area contributed by atoms with Crippen LogP contribution in [0.2, 0.25) is 0 Å². The molecule has 0 unspecified atom stereocenters. The highest BCUT2D eigenvalue weighted by Gasteiger charge is 2.53. The Hall–Kier alpha value is -0.610. The highest BCUT2D eigenvalue weighted by atomic mass is 16.5. The van der Waals surface area contributed by atoms with Gasteiger partial charge in [0, 0.05) is 46.7 Å². The van der Waals surface area contributed by atoms with Gasteiger partial charge in [0.15, 0.2) is 0 Å². The standard InChI is InChI=1S/C20H38N2O2.H2/c1-4-24-11-9-7-5-6-8-10-21-19(23)18-12-20(13-18)15-22(16-20)14-17(2)3;/h17-18H,4-16H2,1-3H3,(H,21,23);1H. The molecule has 2 rings (SSSR count). The van der Waals surface area contributed by atoms with Gasteiger partial charge in [0.25, 0.3) is 0 Å². The number of hydrogen-bond donors (Lipinski definition) is 1. The fourth-order valence-electron chi connectivity index (χ4n) is 4.34. The van der Waals surface area contributed by atoms with Gasteiger partial charge in [-0.3, -0.25) is 4.79 Å². The maximum absolute atomic E-state index is 12.2. The van der Waals surface area contributed by atoms with E-state index in [1.165, 1.54) is 38.9 Å². The maximum Gasteiger partial charge on any atom is 0.223 e. The third-order valence-electron chi connectivity index (χ3n) is 5.44. The molecule has 4 nitrogen and oxygen atoms in total. The number of carbonyl (C=O) groups is 1. The molecule has 24 heavy (non-hydrogen) atoms. The SMILES string of the molecule is CCOCCCCCCCNC(=O)C1CC2(C1)CN(CC(C)C)C2.[HH]. The minimum absolute atomic E-state index is 0. The molecule has 142 valence electrons. The van der Waals surface area contributed by atoms with Crippen molar-refractivity contribution >= 4 is 5.91 Å². The molecule has 0 bridgehead atoms. The van der Waals surface area contributed by atoms with Gasteiger partial charge in [0.1, 0.15) is 0 Å². The normalized spacial score (nSPS) is 20.2. The Kier molecular flexibility index (Phi) is 8.02. The van der Waals surface area contributed by atoms with Gasteiger partial charge in [-0.05, 0) is 43.9 Å². The lowest BCUT2D eigenvalue weighted by Gasteiger charge is -2.59. The highest BCUT2D eigenvalue weighted by Crippen LogP contribution is 2.51. The summed E-state index contributed by atoms with van der Waals surface area (Å²) in [4.78, 5) is 14.7. The molecule has 2 aliphatic rings. The number of amides is 1. The van der Waals surface area contributed by atoms with E-state index >= 15 is 0 Å². The molecular formula is C20H40N2O2.